The number of hydrogen-bond donors (Lipinski definition) is 2. The van der Waals surface area contributed by atoms with Crippen LogP contribution < -0.4 is 11.1 Å². The molecule has 26 heavy (non-hydrogen) atoms. The van der Waals surface area contributed by atoms with Crippen LogP contribution in [0.5, 0.6) is 0 Å². The topological polar surface area (TPSA) is 98.2 Å². The van der Waals surface area contributed by atoms with Gasteiger partial charge in [0.15, 0.2) is 0 Å². The Bertz CT molecular complexity index is 968. The molecule has 1 aromatic carbocycles. The molecule has 8 heteroatoms. The number of nitrogens with one attached hydrogen (secondary N) is 1. The zero-order valence-corrected chi connectivity index (χ0v) is 16.5. The number of amides is 1. The number of halogens is 1. The van der Waals surface area contributed by atoms with Gasteiger partial charge < -0.3 is 11.1 Å². The Kier molecular flexibility index (Phi) is 5.22. The first-order valence-corrected chi connectivity index (χ1v) is 9.18. The van der Waals surface area contributed by atoms with Crippen molar-refractivity contribution in [2.75, 3.05) is 5.73 Å². The van der Waals surface area contributed by atoms with Gasteiger partial charge >= 0.3 is 0 Å². The lowest BCUT2D eigenvalue weighted by molar-refractivity contribution is -0.121. The smallest absolute Gasteiger partial charge is 0.254 e. The molecule has 1 amide bonds. The van der Waals surface area contributed by atoms with Gasteiger partial charge in [-0.15, -0.1) is 5.10 Å². The second-order valence-corrected chi connectivity index (χ2v) is 7.11. The van der Waals surface area contributed by atoms with E-state index in [1.807, 2.05) is 45.0 Å². The van der Waals surface area contributed by atoms with Crippen molar-refractivity contribution in [2.24, 2.45) is 0 Å². The maximum absolute atomic E-state index is 12.4. The van der Waals surface area contributed by atoms with Gasteiger partial charge in [0, 0.05) is 22.3 Å². The minimum atomic E-state index is -0.0732. The number of hydrogen-bond acceptors (Lipinski definition) is 5. The molecule has 3 aromatic rings. The molecule has 2 aromatic heterocycles. The predicted octanol–water partition coefficient (Wildman–Crippen LogP) is 2.90. The Balaban J connectivity index is 1.70. The summed E-state index contributed by atoms with van der Waals surface area (Å²) < 4.78 is 2.61. The van der Waals surface area contributed by atoms with E-state index in [1.54, 1.807) is 4.52 Å². The summed E-state index contributed by atoms with van der Waals surface area (Å²) in [6.07, 6.45) is 0.947. The van der Waals surface area contributed by atoms with Crippen molar-refractivity contribution in [3.63, 3.8) is 0 Å². The van der Waals surface area contributed by atoms with Crippen molar-refractivity contribution in [3.8, 4) is 0 Å². The second-order valence-electron chi connectivity index (χ2n) is 6.25. The van der Waals surface area contributed by atoms with Crippen LogP contribution in [0, 0.1) is 13.8 Å². The van der Waals surface area contributed by atoms with Crippen LogP contribution in [0.3, 0.4) is 0 Å². The van der Waals surface area contributed by atoms with Gasteiger partial charge in [-0.05, 0) is 44.4 Å². The Hall–Kier alpha value is -2.48. The highest BCUT2D eigenvalue weighted by molar-refractivity contribution is 9.10. The Morgan fingerprint density at radius 1 is 1.31 bits per heavy atom. The number of nitrogens with zero attached hydrogens (tertiary/aromatic N) is 4. The maximum atomic E-state index is 12.4. The highest BCUT2D eigenvalue weighted by atomic mass is 79.9. The van der Waals surface area contributed by atoms with E-state index in [4.69, 9.17) is 5.73 Å². The predicted molar refractivity (Wildman–Crippen MR) is 104 cm³/mol. The summed E-state index contributed by atoms with van der Waals surface area (Å²) in [6.45, 7) is 5.82. The summed E-state index contributed by atoms with van der Waals surface area (Å²) in [5.74, 6) is 0.663. The second kappa shape index (κ2) is 7.41. The molecule has 0 bridgehead atoms. The SMILES string of the molecule is Cc1nc2nc(N)nn2c(C)c1CCC(=O)N[C@H](C)c1ccccc1Br. The number of nitrogens with two attached hydrogens (primary N) is 1. The molecule has 2 heterocycles. The lowest BCUT2D eigenvalue weighted by Crippen LogP contribution is -2.27. The molecule has 3 rings (SSSR count). The van der Waals surface area contributed by atoms with Crippen LogP contribution in [-0.4, -0.2) is 25.5 Å². The Labute approximate surface area is 160 Å². The van der Waals surface area contributed by atoms with Crippen LogP contribution in [0.2, 0.25) is 0 Å². The number of fused-ring (bicyclic) bond motifs is 1. The summed E-state index contributed by atoms with van der Waals surface area (Å²) in [6, 6.07) is 7.80. The first-order valence-electron chi connectivity index (χ1n) is 8.39. The number of nitrogen functional groups attached to an aromatic ring is 1. The molecule has 1 atom stereocenters. The molecule has 7 nitrogen and oxygen atoms in total. The summed E-state index contributed by atoms with van der Waals surface area (Å²) in [5.41, 5.74) is 9.44. The molecule has 136 valence electrons. The molecule has 0 fully saturated rings. The first-order chi connectivity index (χ1) is 12.4. The number of rotatable bonds is 5. The van der Waals surface area contributed by atoms with Gasteiger partial charge in [0.2, 0.25) is 11.9 Å². The summed E-state index contributed by atoms with van der Waals surface area (Å²) in [4.78, 5) is 20.9. The van der Waals surface area contributed by atoms with E-state index in [0.717, 1.165) is 27.0 Å². The molecule has 0 aliphatic carbocycles. The van der Waals surface area contributed by atoms with Crippen LogP contribution in [0.1, 0.15) is 41.9 Å². The Morgan fingerprint density at radius 3 is 2.77 bits per heavy atom. The van der Waals surface area contributed by atoms with Crippen LogP contribution in [-0.2, 0) is 11.2 Å². The summed E-state index contributed by atoms with van der Waals surface area (Å²) >= 11 is 3.52. The number of benzene rings is 1. The standard InChI is InChI=1S/C18H21BrN6O/c1-10-13(12(3)25-18(22-10)23-17(20)24-25)8-9-16(26)21-11(2)14-6-4-5-7-15(14)19/h4-7,11H,8-9H2,1-3H3,(H2,20,24)(H,21,26)/t11-/m1/s1. The number of carbonyl (C=O) groups is 1. The Morgan fingerprint density at radius 2 is 2.04 bits per heavy atom. The van der Waals surface area contributed by atoms with E-state index in [2.05, 4.69) is 36.3 Å². The van der Waals surface area contributed by atoms with E-state index in [1.165, 1.54) is 0 Å². The van der Waals surface area contributed by atoms with Crippen molar-refractivity contribution < 1.29 is 4.79 Å². The molecule has 0 saturated carbocycles. The van der Waals surface area contributed by atoms with Crippen molar-refractivity contribution >= 4 is 33.6 Å². The lowest BCUT2D eigenvalue weighted by atomic mass is 10.1. The summed E-state index contributed by atoms with van der Waals surface area (Å²) in [7, 11) is 0. The van der Waals surface area contributed by atoms with Gasteiger partial charge in [0.25, 0.3) is 5.78 Å². The fourth-order valence-electron chi connectivity index (χ4n) is 3.04. The minimum Gasteiger partial charge on any atom is -0.366 e. The molecule has 0 spiro atoms. The van der Waals surface area contributed by atoms with Gasteiger partial charge in [0.05, 0.1) is 6.04 Å². The largest absolute Gasteiger partial charge is 0.366 e. The highest BCUT2D eigenvalue weighted by Crippen LogP contribution is 2.23. The van der Waals surface area contributed by atoms with Gasteiger partial charge in [-0.3, -0.25) is 4.79 Å². The number of aryl methyl sites for hydroxylation is 2. The summed E-state index contributed by atoms with van der Waals surface area (Å²) in [5, 5.41) is 7.20. The van der Waals surface area contributed by atoms with E-state index >= 15 is 0 Å². The van der Waals surface area contributed by atoms with Crippen LogP contribution in [0.4, 0.5) is 5.95 Å². The average Bonchev–Trinajstić information content (AvgIpc) is 2.95. The van der Waals surface area contributed by atoms with Gasteiger partial charge in [0.1, 0.15) is 0 Å². The van der Waals surface area contributed by atoms with Crippen molar-refractivity contribution in [2.45, 2.75) is 39.7 Å². The van der Waals surface area contributed by atoms with Gasteiger partial charge in [-0.25, -0.2) is 4.98 Å². The highest BCUT2D eigenvalue weighted by Gasteiger charge is 2.16. The van der Waals surface area contributed by atoms with E-state index in [9.17, 15) is 4.79 Å². The molecule has 0 saturated heterocycles. The zero-order chi connectivity index (χ0) is 18.8. The third-order valence-corrected chi connectivity index (χ3v) is 5.14. The monoisotopic (exact) mass is 416 g/mol. The van der Waals surface area contributed by atoms with Crippen LogP contribution >= 0.6 is 15.9 Å². The van der Waals surface area contributed by atoms with E-state index in [-0.39, 0.29) is 17.9 Å². The van der Waals surface area contributed by atoms with Gasteiger partial charge in [-0.1, -0.05) is 34.1 Å². The van der Waals surface area contributed by atoms with E-state index in [0.29, 0.717) is 18.6 Å². The quantitative estimate of drug-likeness (QED) is 0.665. The van der Waals surface area contributed by atoms with Crippen LogP contribution in [0.25, 0.3) is 5.78 Å². The maximum Gasteiger partial charge on any atom is 0.254 e. The minimum absolute atomic E-state index is 0.00902. The van der Waals surface area contributed by atoms with Crippen LogP contribution in [0.15, 0.2) is 28.7 Å². The number of aromatic nitrogens is 4. The molecule has 3 N–H and O–H groups in total. The van der Waals surface area contributed by atoms with E-state index < -0.39 is 0 Å². The number of carbonyl (C=O) groups excluding carboxylic acids is 1. The molecular weight excluding hydrogens is 396 g/mol. The van der Waals surface area contributed by atoms with Crippen molar-refractivity contribution in [1.29, 1.82) is 0 Å². The van der Waals surface area contributed by atoms with Crippen molar-refractivity contribution in [3.05, 3.63) is 51.3 Å². The molecule has 0 aliphatic rings. The third kappa shape index (κ3) is 3.70. The fraction of sp³-hybridized carbons (Fsp3) is 0.333. The first kappa shape index (κ1) is 18.3. The normalized spacial score (nSPS) is 12.3. The molecular formula is C18H21BrN6O. The zero-order valence-electron chi connectivity index (χ0n) is 15.0. The van der Waals surface area contributed by atoms with Gasteiger partial charge in [-0.2, -0.15) is 9.50 Å². The fourth-order valence-corrected chi connectivity index (χ4v) is 3.67. The molecule has 0 radical (unpaired) electrons. The average molecular weight is 417 g/mol. The number of anilines is 1. The lowest BCUT2D eigenvalue weighted by Gasteiger charge is -2.16. The van der Waals surface area contributed by atoms with Crippen molar-refractivity contribution in [1.82, 2.24) is 24.9 Å². The third-order valence-electron chi connectivity index (χ3n) is 4.42. The molecule has 0 unspecified atom stereocenters. The molecule has 0 aliphatic heterocycles.